The van der Waals surface area contributed by atoms with E-state index in [1.807, 2.05) is 12.1 Å². The van der Waals surface area contributed by atoms with Crippen LogP contribution in [0.25, 0.3) is 11.4 Å². The number of thioether (sulfide) groups is 1. The van der Waals surface area contributed by atoms with Crippen molar-refractivity contribution in [3.8, 4) is 11.4 Å². The number of anilines is 1. The van der Waals surface area contributed by atoms with Crippen LogP contribution in [0.2, 0.25) is 0 Å². The Kier molecular flexibility index (Phi) is 7.02. The molecule has 29 heavy (non-hydrogen) atoms. The van der Waals surface area contributed by atoms with E-state index < -0.39 is 0 Å². The first-order valence-electron chi connectivity index (χ1n) is 9.30. The van der Waals surface area contributed by atoms with Crippen molar-refractivity contribution < 1.29 is 14.3 Å². The van der Waals surface area contributed by atoms with Gasteiger partial charge in [-0.3, -0.25) is 9.89 Å². The number of aryl methyl sites for hydroxylation is 1. The summed E-state index contributed by atoms with van der Waals surface area (Å²) in [5, 5.41) is 10.4. The van der Waals surface area contributed by atoms with Gasteiger partial charge < -0.3 is 10.1 Å². The predicted molar refractivity (Wildman–Crippen MR) is 113 cm³/mol. The summed E-state index contributed by atoms with van der Waals surface area (Å²) in [5.74, 6) is 0.277. The fourth-order valence-electron chi connectivity index (χ4n) is 2.57. The Morgan fingerprint density at radius 3 is 2.45 bits per heavy atom. The van der Waals surface area contributed by atoms with Crippen LogP contribution in [0.1, 0.15) is 29.8 Å². The zero-order chi connectivity index (χ0) is 20.6. The number of nitrogens with one attached hydrogen (secondary N) is 2. The van der Waals surface area contributed by atoms with Gasteiger partial charge in [-0.1, -0.05) is 43.0 Å². The quantitative estimate of drug-likeness (QED) is 0.431. The second-order valence-electron chi connectivity index (χ2n) is 6.15. The maximum atomic E-state index is 12.2. The third-order valence-corrected chi connectivity index (χ3v) is 4.96. The number of H-pyrrole nitrogens is 1. The van der Waals surface area contributed by atoms with Crippen molar-refractivity contribution in [1.29, 1.82) is 0 Å². The molecule has 3 rings (SSSR count). The molecule has 0 unspecified atom stereocenters. The predicted octanol–water partition coefficient (Wildman–Crippen LogP) is 3.94. The number of amides is 1. The van der Waals surface area contributed by atoms with E-state index in [0.717, 1.165) is 12.0 Å². The lowest BCUT2D eigenvalue weighted by molar-refractivity contribution is -0.113. The highest BCUT2D eigenvalue weighted by Crippen LogP contribution is 2.20. The molecule has 0 saturated carbocycles. The van der Waals surface area contributed by atoms with Crippen LogP contribution >= 0.6 is 11.8 Å². The number of hydrogen-bond donors (Lipinski definition) is 2. The molecule has 3 aromatic rings. The minimum Gasteiger partial charge on any atom is -0.462 e. The molecule has 0 aliphatic rings. The van der Waals surface area contributed by atoms with Crippen molar-refractivity contribution in [2.24, 2.45) is 0 Å². The molecule has 1 aromatic heterocycles. The number of nitrogens with zero attached hydrogens (tertiary/aromatic N) is 2. The van der Waals surface area contributed by atoms with Crippen LogP contribution in [0, 0.1) is 0 Å². The average Bonchev–Trinajstić information content (AvgIpc) is 3.22. The van der Waals surface area contributed by atoms with E-state index >= 15 is 0 Å². The van der Waals surface area contributed by atoms with Gasteiger partial charge in [-0.25, -0.2) is 9.78 Å². The second kappa shape index (κ2) is 9.88. The Bertz CT molecular complexity index is 968. The van der Waals surface area contributed by atoms with Crippen molar-refractivity contribution in [2.75, 3.05) is 17.7 Å². The highest BCUT2D eigenvalue weighted by molar-refractivity contribution is 7.99. The monoisotopic (exact) mass is 410 g/mol. The number of carbonyl (C=O) groups is 2. The molecule has 0 radical (unpaired) electrons. The van der Waals surface area contributed by atoms with Crippen molar-refractivity contribution in [3.05, 3.63) is 59.7 Å². The highest BCUT2D eigenvalue weighted by Gasteiger charge is 2.10. The lowest BCUT2D eigenvalue weighted by atomic mass is 10.1. The Morgan fingerprint density at radius 2 is 1.79 bits per heavy atom. The summed E-state index contributed by atoms with van der Waals surface area (Å²) < 4.78 is 4.94. The number of ether oxygens (including phenoxy) is 1. The third-order valence-electron chi connectivity index (χ3n) is 4.11. The molecule has 150 valence electrons. The largest absolute Gasteiger partial charge is 0.462 e. The smallest absolute Gasteiger partial charge is 0.338 e. The molecule has 0 atom stereocenters. The van der Waals surface area contributed by atoms with E-state index in [-0.39, 0.29) is 17.6 Å². The average molecular weight is 410 g/mol. The highest BCUT2D eigenvalue weighted by atomic mass is 32.2. The van der Waals surface area contributed by atoms with Crippen LogP contribution < -0.4 is 5.32 Å². The molecule has 0 bridgehead atoms. The normalized spacial score (nSPS) is 10.6. The van der Waals surface area contributed by atoms with Gasteiger partial charge in [0.15, 0.2) is 5.82 Å². The summed E-state index contributed by atoms with van der Waals surface area (Å²) in [4.78, 5) is 28.2. The van der Waals surface area contributed by atoms with Gasteiger partial charge in [0.2, 0.25) is 11.1 Å². The number of esters is 1. The van der Waals surface area contributed by atoms with Crippen LogP contribution in [0.5, 0.6) is 0 Å². The lowest BCUT2D eigenvalue weighted by Gasteiger charge is -2.05. The summed E-state index contributed by atoms with van der Waals surface area (Å²) in [6.45, 7) is 4.18. The molecule has 7 nitrogen and oxygen atoms in total. The maximum Gasteiger partial charge on any atom is 0.338 e. The topological polar surface area (TPSA) is 97.0 Å². The fourth-order valence-corrected chi connectivity index (χ4v) is 3.17. The van der Waals surface area contributed by atoms with Crippen molar-refractivity contribution >= 4 is 29.3 Å². The molecular weight excluding hydrogens is 388 g/mol. The summed E-state index contributed by atoms with van der Waals surface area (Å²) in [6.07, 6.45) is 0.985. The number of hydrogen-bond acceptors (Lipinski definition) is 6. The van der Waals surface area contributed by atoms with Crippen molar-refractivity contribution in [3.63, 3.8) is 0 Å². The van der Waals surface area contributed by atoms with E-state index in [4.69, 9.17) is 4.74 Å². The summed E-state index contributed by atoms with van der Waals surface area (Å²) >= 11 is 1.25. The zero-order valence-corrected chi connectivity index (χ0v) is 17.1. The first kappa shape index (κ1) is 20.6. The van der Waals surface area contributed by atoms with E-state index in [9.17, 15) is 9.59 Å². The van der Waals surface area contributed by atoms with Gasteiger partial charge in [0, 0.05) is 11.3 Å². The molecule has 0 spiro atoms. The molecular formula is C21H22N4O3S. The Balaban J connectivity index is 1.51. The van der Waals surface area contributed by atoms with Gasteiger partial charge in [0.25, 0.3) is 0 Å². The fraction of sp³-hybridized carbons (Fsp3) is 0.238. The number of aromatic nitrogens is 3. The molecule has 1 heterocycles. The van der Waals surface area contributed by atoms with Crippen LogP contribution in [-0.2, 0) is 16.0 Å². The van der Waals surface area contributed by atoms with Gasteiger partial charge >= 0.3 is 5.97 Å². The van der Waals surface area contributed by atoms with Crippen LogP contribution in [0.3, 0.4) is 0 Å². The Labute approximate surface area is 173 Å². The molecule has 8 heteroatoms. The first-order chi connectivity index (χ1) is 14.1. The van der Waals surface area contributed by atoms with Crippen LogP contribution in [-0.4, -0.2) is 39.4 Å². The molecule has 2 N–H and O–H groups in total. The molecule has 0 saturated heterocycles. The lowest BCUT2D eigenvalue weighted by Crippen LogP contribution is -2.14. The number of benzene rings is 2. The molecule has 1 amide bonds. The van der Waals surface area contributed by atoms with Gasteiger partial charge in [0.05, 0.1) is 17.9 Å². The van der Waals surface area contributed by atoms with Gasteiger partial charge in [-0.15, -0.1) is 5.10 Å². The second-order valence-corrected chi connectivity index (χ2v) is 7.09. The first-order valence-corrected chi connectivity index (χ1v) is 10.3. The summed E-state index contributed by atoms with van der Waals surface area (Å²) in [7, 11) is 0. The maximum absolute atomic E-state index is 12.2. The number of carbonyl (C=O) groups excluding carboxylic acids is 2. The van der Waals surface area contributed by atoms with Crippen molar-refractivity contribution in [2.45, 2.75) is 25.4 Å². The number of rotatable bonds is 8. The summed E-state index contributed by atoms with van der Waals surface area (Å²) in [6, 6.07) is 14.7. The van der Waals surface area contributed by atoms with Crippen LogP contribution in [0.15, 0.2) is 53.7 Å². The van der Waals surface area contributed by atoms with E-state index in [2.05, 4.69) is 39.6 Å². The summed E-state index contributed by atoms with van der Waals surface area (Å²) in [5.41, 5.74) is 3.26. The molecule has 2 aromatic carbocycles. The Morgan fingerprint density at radius 1 is 1.07 bits per heavy atom. The van der Waals surface area contributed by atoms with E-state index in [0.29, 0.717) is 28.8 Å². The standard InChI is InChI=1S/C21H22N4O3S/c1-3-14-5-7-15(8-6-14)19-23-21(25-24-19)29-13-18(26)22-17-11-9-16(10-12-17)20(27)28-4-2/h5-12H,3-4,13H2,1-2H3,(H,22,26)(H,23,24,25). The van der Waals surface area contributed by atoms with E-state index in [1.54, 1.807) is 31.2 Å². The van der Waals surface area contributed by atoms with E-state index in [1.165, 1.54) is 17.3 Å². The minimum absolute atomic E-state index is 0.172. The zero-order valence-electron chi connectivity index (χ0n) is 16.3. The SMILES string of the molecule is CCOC(=O)c1ccc(NC(=O)CSc2n[nH]c(-c3ccc(CC)cc3)n2)cc1. The van der Waals surface area contributed by atoms with Gasteiger partial charge in [-0.05, 0) is 43.2 Å². The number of aromatic amines is 1. The Hall–Kier alpha value is -3.13. The van der Waals surface area contributed by atoms with Gasteiger partial charge in [-0.2, -0.15) is 0 Å². The molecule has 0 aliphatic heterocycles. The molecule has 0 fully saturated rings. The minimum atomic E-state index is -0.384. The molecule has 0 aliphatic carbocycles. The van der Waals surface area contributed by atoms with Crippen LogP contribution in [0.4, 0.5) is 5.69 Å². The van der Waals surface area contributed by atoms with Gasteiger partial charge in [0.1, 0.15) is 0 Å². The third kappa shape index (κ3) is 5.68. The van der Waals surface area contributed by atoms with Crippen molar-refractivity contribution in [1.82, 2.24) is 15.2 Å².